The monoisotopic (exact) mass is 385 g/mol. The first kappa shape index (κ1) is 19.8. The second-order valence-electron chi connectivity index (χ2n) is 6.16. The molecule has 3 unspecified atom stereocenters. The van der Waals surface area contributed by atoms with Gasteiger partial charge in [0.2, 0.25) is 0 Å². The Kier molecular flexibility index (Phi) is 6.51. The van der Waals surface area contributed by atoms with Crippen molar-refractivity contribution in [3.8, 4) is 0 Å². The predicted octanol–water partition coefficient (Wildman–Crippen LogP) is 1.74. The third kappa shape index (κ3) is 5.47. The second-order valence-corrected chi connectivity index (χ2v) is 9.80. The van der Waals surface area contributed by atoms with E-state index in [2.05, 4.69) is 0 Å². The van der Waals surface area contributed by atoms with Gasteiger partial charge < -0.3 is 9.64 Å². The van der Waals surface area contributed by atoms with Gasteiger partial charge in [0, 0.05) is 18.0 Å². The number of carbonyl (C=O) groups excluding carboxylic acids is 2. The van der Waals surface area contributed by atoms with Crippen molar-refractivity contribution in [2.45, 2.75) is 42.6 Å². The van der Waals surface area contributed by atoms with Crippen molar-refractivity contribution in [2.75, 3.05) is 18.6 Å². The molecule has 0 radical (unpaired) electrons. The third-order valence-corrected chi connectivity index (χ3v) is 6.97. The first-order chi connectivity index (χ1) is 11.7. The molecular formula is C17H23NO5S2. The Morgan fingerprint density at radius 3 is 2.44 bits per heavy atom. The van der Waals surface area contributed by atoms with E-state index in [9.17, 15) is 18.0 Å². The summed E-state index contributed by atoms with van der Waals surface area (Å²) in [6.45, 7) is 3.24. The van der Waals surface area contributed by atoms with Crippen LogP contribution in [0.2, 0.25) is 0 Å². The van der Waals surface area contributed by atoms with Crippen molar-refractivity contribution >= 4 is 33.5 Å². The van der Waals surface area contributed by atoms with Crippen LogP contribution in [0.3, 0.4) is 0 Å². The van der Waals surface area contributed by atoms with Crippen LogP contribution in [0, 0.1) is 0 Å². The van der Waals surface area contributed by atoms with E-state index >= 15 is 0 Å². The Balaban J connectivity index is 1.88. The minimum atomic E-state index is -3.08. The molecule has 1 aromatic carbocycles. The second kappa shape index (κ2) is 8.23. The molecule has 1 fully saturated rings. The lowest BCUT2D eigenvalue weighted by atomic mass is 10.2. The number of benzene rings is 1. The summed E-state index contributed by atoms with van der Waals surface area (Å²) in [6, 6.07) is 9.12. The Morgan fingerprint density at radius 1 is 1.24 bits per heavy atom. The van der Waals surface area contributed by atoms with E-state index in [0.717, 1.165) is 4.90 Å². The smallest absolute Gasteiger partial charge is 0.319 e. The SMILES string of the molecule is CC(OC(=O)C(C)Sc1ccccc1)C(=O)N(C)C1CCS(=O)(=O)C1. The fourth-order valence-corrected chi connectivity index (χ4v) is 5.27. The Bertz CT molecular complexity index is 720. The van der Waals surface area contributed by atoms with E-state index in [1.807, 2.05) is 30.3 Å². The number of ether oxygens (including phenoxy) is 1. The number of nitrogens with zero attached hydrogens (tertiary/aromatic N) is 1. The van der Waals surface area contributed by atoms with Gasteiger partial charge in [0.25, 0.3) is 5.91 Å². The highest BCUT2D eigenvalue weighted by molar-refractivity contribution is 8.00. The molecule has 0 N–H and O–H groups in total. The molecule has 138 valence electrons. The van der Waals surface area contributed by atoms with Crippen LogP contribution in [-0.4, -0.2) is 61.1 Å². The summed E-state index contributed by atoms with van der Waals surface area (Å²) >= 11 is 1.36. The van der Waals surface area contributed by atoms with Gasteiger partial charge in [0.15, 0.2) is 15.9 Å². The van der Waals surface area contributed by atoms with Gasteiger partial charge in [-0.3, -0.25) is 9.59 Å². The standard InChI is InChI=1S/C17H23NO5S2/c1-12(16(19)18(3)14-9-10-25(21,22)11-14)23-17(20)13(2)24-15-7-5-4-6-8-15/h4-8,12-14H,9-11H2,1-3H3. The fourth-order valence-electron chi connectivity index (χ4n) is 2.62. The largest absolute Gasteiger partial charge is 0.452 e. The van der Waals surface area contributed by atoms with Gasteiger partial charge in [-0.05, 0) is 32.4 Å². The molecule has 25 heavy (non-hydrogen) atoms. The Labute approximate surface area is 152 Å². The molecule has 6 nitrogen and oxygen atoms in total. The highest BCUT2D eigenvalue weighted by Gasteiger charge is 2.35. The van der Waals surface area contributed by atoms with Crippen molar-refractivity contribution in [1.29, 1.82) is 0 Å². The third-order valence-electron chi connectivity index (χ3n) is 4.13. The Morgan fingerprint density at radius 2 is 1.88 bits per heavy atom. The maximum Gasteiger partial charge on any atom is 0.319 e. The highest BCUT2D eigenvalue weighted by Crippen LogP contribution is 2.24. The molecule has 0 aliphatic carbocycles. The molecule has 8 heteroatoms. The molecule has 0 spiro atoms. The zero-order chi connectivity index (χ0) is 18.6. The molecule has 0 saturated carbocycles. The summed E-state index contributed by atoms with van der Waals surface area (Å²) in [4.78, 5) is 26.9. The summed E-state index contributed by atoms with van der Waals surface area (Å²) in [5.74, 6) is -0.792. The van der Waals surface area contributed by atoms with Crippen molar-refractivity contribution in [1.82, 2.24) is 4.90 Å². The first-order valence-corrected chi connectivity index (χ1v) is 10.8. The topological polar surface area (TPSA) is 80.8 Å². The van der Waals surface area contributed by atoms with Crippen molar-refractivity contribution in [2.24, 2.45) is 0 Å². The van der Waals surface area contributed by atoms with Gasteiger partial charge in [-0.15, -0.1) is 11.8 Å². The van der Waals surface area contributed by atoms with Crippen LogP contribution >= 0.6 is 11.8 Å². The van der Waals surface area contributed by atoms with Crippen LogP contribution in [0.4, 0.5) is 0 Å². The normalized spacial score (nSPS) is 21.3. The average molecular weight is 386 g/mol. The lowest BCUT2D eigenvalue weighted by Crippen LogP contribution is -2.44. The molecule has 1 aliphatic heterocycles. The van der Waals surface area contributed by atoms with Crippen molar-refractivity contribution < 1.29 is 22.7 Å². The fraction of sp³-hybridized carbons (Fsp3) is 0.529. The highest BCUT2D eigenvalue weighted by atomic mass is 32.2. The van der Waals surface area contributed by atoms with E-state index in [4.69, 9.17) is 4.74 Å². The quantitative estimate of drug-likeness (QED) is 0.548. The van der Waals surface area contributed by atoms with Crippen molar-refractivity contribution in [3.63, 3.8) is 0 Å². The molecule has 1 amide bonds. The van der Waals surface area contributed by atoms with Crippen LogP contribution in [0.5, 0.6) is 0 Å². The minimum Gasteiger partial charge on any atom is -0.452 e. The number of hydrogen-bond acceptors (Lipinski definition) is 6. The van der Waals surface area contributed by atoms with Gasteiger partial charge >= 0.3 is 5.97 Å². The van der Waals surface area contributed by atoms with E-state index in [1.54, 1.807) is 14.0 Å². The molecule has 1 saturated heterocycles. The average Bonchev–Trinajstić information content (AvgIpc) is 2.94. The summed E-state index contributed by atoms with van der Waals surface area (Å²) in [5, 5.41) is -0.449. The maximum absolute atomic E-state index is 12.4. The van der Waals surface area contributed by atoms with Gasteiger partial charge in [-0.1, -0.05) is 18.2 Å². The molecule has 1 aromatic rings. The Hall–Kier alpha value is -1.54. The zero-order valence-electron chi connectivity index (χ0n) is 14.5. The van der Waals surface area contributed by atoms with E-state index < -0.39 is 27.2 Å². The molecule has 1 heterocycles. The van der Waals surface area contributed by atoms with E-state index in [-0.39, 0.29) is 23.5 Å². The van der Waals surface area contributed by atoms with Gasteiger partial charge in [0.1, 0.15) is 5.25 Å². The minimum absolute atomic E-state index is 0.0316. The van der Waals surface area contributed by atoms with Gasteiger partial charge in [0.05, 0.1) is 11.5 Å². The van der Waals surface area contributed by atoms with Gasteiger partial charge in [-0.25, -0.2) is 8.42 Å². The predicted molar refractivity (Wildman–Crippen MR) is 97.1 cm³/mol. The van der Waals surface area contributed by atoms with Gasteiger partial charge in [-0.2, -0.15) is 0 Å². The molecule has 0 aromatic heterocycles. The van der Waals surface area contributed by atoms with Crippen LogP contribution in [0.25, 0.3) is 0 Å². The molecule has 3 atom stereocenters. The molecular weight excluding hydrogens is 362 g/mol. The van der Waals surface area contributed by atoms with E-state index in [0.29, 0.717) is 6.42 Å². The number of thioether (sulfide) groups is 1. The zero-order valence-corrected chi connectivity index (χ0v) is 16.2. The number of esters is 1. The number of hydrogen-bond donors (Lipinski definition) is 0. The number of rotatable bonds is 6. The summed E-state index contributed by atoms with van der Waals surface area (Å²) in [7, 11) is -1.52. The number of sulfone groups is 1. The van der Waals surface area contributed by atoms with Crippen LogP contribution in [0.1, 0.15) is 20.3 Å². The van der Waals surface area contributed by atoms with Crippen molar-refractivity contribution in [3.05, 3.63) is 30.3 Å². The van der Waals surface area contributed by atoms with Crippen LogP contribution in [-0.2, 0) is 24.2 Å². The lowest BCUT2D eigenvalue weighted by Gasteiger charge is -2.26. The van der Waals surface area contributed by atoms with Crippen LogP contribution < -0.4 is 0 Å². The summed E-state index contributed by atoms with van der Waals surface area (Å²) in [5.41, 5.74) is 0. The first-order valence-electron chi connectivity index (χ1n) is 8.09. The molecule has 2 rings (SSSR count). The lowest BCUT2D eigenvalue weighted by molar-refractivity contribution is -0.158. The number of amides is 1. The molecule has 0 bridgehead atoms. The van der Waals surface area contributed by atoms with Crippen LogP contribution in [0.15, 0.2) is 35.2 Å². The van der Waals surface area contributed by atoms with E-state index in [1.165, 1.54) is 23.6 Å². The summed E-state index contributed by atoms with van der Waals surface area (Å²) < 4.78 is 28.4. The maximum atomic E-state index is 12.4. The number of carbonyl (C=O) groups is 2. The summed E-state index contributed by atoms with van der Waals surface area (Å²) in [6.07, 6.45) is -0.523. The number of likely N-dealkylation sites (N-methyl/N-ethyl adjacent to an activating group) is 1. The molecule has 1 aliphatic rings.